The van der Waals surface area contributed by atoms with Crippen LogP contribution in [0.25, 0.3) is 5.69 Å². The second kappa shape index (κ2) is 39.0. The van der Waals surface area contributed by atoms with Crippen LogP contribution in [0.15, 0.2) is 59.4 Å². The molecule has 0 aliphatic carbocycles. The van der Waals surface area contributed by atoms with Gasteiger partial charge in [0.15, 0.2) is 4.84 Å². The summed E-state index contributed by atoms with van der Waals surface area (Å²) in [6, 6.07) is 16.7. The van der Waals surface area contributed by atoms with Gasteiger partial charge in [-0.2, -0.15) is 19.6 Å². The number of ether oxygens (including phenoxy) is 3. The molecule has 0 radical (unpaired) electrons. The number of carboxylic acids is 1. The minimum absolute atomic E-state index is 0.0223. The number of methoxy groups -OCH3 is 1. The molecule has 85 heavy (non-hydrogen) atoms. The van der Waals surface area contributed by atoms with E-state index in [1.807, 2.05) is 83.3 Å². The van der Waals surface area contributed by atoms with Gasteiger partial charge in [-0.1, -0.05) is 89.6 Å². The Balaban J connectivity index is 0.000000364. The van der Waals surface area contributed by atoms with E-state index in [2.05, 4.69) is 68.4 Å². The first-order valence-corrected chi connectivity index (χ1v) is 33.2. The van der Waals surface area contributed by atoms with Gasteiger partial charge in [0.2, 0.25) is 23.1 Å². The van der Waals surface area contributed by atoms with E-state index in [9.17, 15) is 28.6 Å². The number of amides is 2. The Hall–Kier alpha value is -5.06. The van der Waals surface area contributed by atoms with Gasteiger partial charge in [0.1, 0.15) is 44.0 Å². The molecule has 2 aliphatic heterocycles. The number of alkyl halides is 3. The van der Waals surface area contributed by atoms with Crippen molar-refractivity contribution in [3.63, 3.8) is 0 Å². The second-order valence-electron chi connectivity index (χ2n) is 19.1. The molecule has 470 valence electrons. The molecule has 5 aromatic rings. The first-order valence-electron chi connectivity index (χ1n) is 26.4. The van der Waals surface area contributed by atoms with Crippen molar-refractivity contribution in [2.75, 3.05) is 91.4 Å². The number of fused-ring (bicyclic) bond motifs is 2. The number of aliphatic carboxylic acids is 1. The van der Waals surface area contributed by atoms with E-state index in [0.29, 0.717) is 69.8 Å². The molecule has 4 heterocycles. The molecule has 7 rings (SSSR count). The van der Waals surface area contributed by atoms with Crippen LogP contribution in [0.4, 0.5) is 23.3 Å². The number of para-hydroxylation sites is 3. The maximum Gasteiger partial charge on any atom is 0.350 e. The van der Waals surface area contributed by atoms with Gasteiger partial charge < -0.3 is 54.1 Å². The van der Waals surface area contributed by atoms with E-state index in [1.165, 1.54) is 10.7 Å². The van der Waals surface area contributed by atoms with Crippen LogP contribution in [0, 0.1) is 19.3 Å². The largest absolute Gasteiger partial charge is 0.778 e. The molecule has 0 bridgehead atoms. The highest BCUT2D eigenvalue weighted by Crippen LogP contribution is 2.36. The molecule has 2 aromatic heterocycles. The standard InChI is InChI=1S/C15H13Cl2N3O2.C15H22ClNO2.C11H11Cl2NO2.C8H14ClN5.C3H8NO5P.C3H9S/c1-2-7-22-13-9-12(10(16)8-11(13)17)20-15(21)19-6-4-3-5-14(19)18-20;1-5-13-8-6-7-11(2)15(13)17(14(18)9-16)12(3)10-19-4;1-7-6-16-9-5-3-2-4-8(9)14(7)11(15)10(12)13;1-4-10-7-12-6(9)13-8(14-7)11-5(2)3;5-3(6)1-4-2-10(7,8)9;1-4(2)3/h1,8-9H,3-7H2;6-8,12H,5,9-10H2,1-4H3;2-5,7,10H,6H2,1H3;5H,4H2,1-3H3,(H2,10,11,12,13,14);4H,1-2H2,(H,5,6)(H2,7,8,9);1-3H3/q;;;;;+1/p-1. The molecular formula is C55H76Cl6N11O11PS. The molecule has 2 amide bonds. The number of nitrogens with zero attached hydrogens (tertiary/aromatic N) is 8. The molecule has 22 nitrogen and oxygen atoms in total. The molecule has 0 saturated heterocycles. The average molecular weight is 1340 g/mol. The molecule has 2 aliphatic rings. The van der Waals surface area contributed by atoms with Crippen molar-refractivity contribution in [2.24, 2.45) is 0 Å². The van der Waals surface area contributed by atoms with Gasteiger partial charge in [-0.05, 0) is 113 Å². The summed E-state index contributed by atoms with van der Waals surface area (Å²) < 4.78 is 29.0. The van der Waals surface area contributed by atoms with Crippen LogP contribution in [-0.2, 0) is 54.0 Å². The van der Waals surface area contributed by atoms with Crippen LogP contribution in [0.1, 0.15) is 71.3 Å². The van der Waals surface area contributed by atoms with Crippen LogP contribution in [0.5, 0.6) is 11.5 Å². The van der Waals surface area contributed by atoms with Crippen molar-refractivity contribution in [3.05, 3.63) is 97.4 Å². The number of halogens is 6. The molecule has 0 fully saturated rings. The van der Waals surface area contributed by atoms with E-state index < -0.39 is 31.2 Å². The third kappa shape index (κ3) is 26.4. The third-order valence-electron chi connectivity index (χ3n) is 11.1. The summed E-state index contributed by atoms with van der Waals surface area (Å²) in [5, 5.41) is 21.2. The topological polar surface area (TPSA) is 281 Å². The van der Waals surface area contributed by atoms with Gasteiger partial charge in [-0.15, -0.1) is 23.1 Å². The number of nitrogens with one attached hydrogen (secondary N) is 3. The molecule has 0 spiro atoms. The van der Waals surface area contributed by atoms with Crippen LogP contribution in [0.3, 0.4) is 0 Å². The molecule has 0 saturated carbocycles. The van der Waals surface area contributed by atoms with Crippen molar-refractivity contribution in [1.82, 2.24) is 34.6 Å². The number of carbonyl (C=O) groups is 3. The number of hydrogen-bond acceptors (Lipinski definition) is 16. The highest BCUT2D eigenvalue weighted by atomic mass is 35.5. The second-order valence-corrected chi connectivity index (χ2v) is 25.7. The van der Waals surface area contributed by atoms with Gasteiger partial charge in [0.25, 0.3) is 5.91 Å². The van der Waals surface area contributed by atoms with Crippen molar-refractivity contribution in [3.8, 4) is 29.5 Å². The molecule has 30 heteroatoms. The summed E-state index contributed by atoms with van der Waals surface area (Å²) in [6.07, 6.45) is 14.7. The fourth-order valence-corrected chi connectivity index (χ4v) is 9.16. The summed E-state index contributed by atoms with van der Waals surface area (Å²) in [4.78, 5) is 78.6. The lowest BCUT2D eigenvalue weighted by atomic mass is 10.0. The normalized spacial score (nSPS) is 13.9. The Labute approximate surface area is 530 Å². The summed E-state index contributed by atoms with van der Waals surface area (Å²) in [5.41, 5.74) is 4.16. The maximum atomic E-state index is 12.5. The van der Waals surface area contributed by atoms with E-state index in [-0.39, 0.29) is 53.4 Å². The lowest BCUT2D eigenvalue weighted by Gasteiger charge is -2.35. The van der Waals surface area contributed by atoms with Crippen molar-refractivity contribution >= 4 is 129 Å². The number of benzene rings is 3. The Morgan fingerprint density at radius 2 is 1.66 bits per heavy atom. The van der Waals surface area contributed by atoms with Crippen molar-refractivity contribution < 1.29 is 48.1 Å². The predicted octanol–water partition coefficient (Wildman–Crippen LogP) is 8.89. The first-order chi connectivity index (χ1) is 40.0. The summed E-state index contributed by atoms with van der Waals surface area (Å²) in [5.74, 6) is 3.59. The number of aryl methyl sites for hydroxylation is 3. The highest BCUT2D eigenvalue weighted by molar-refractivity contribution is 7.94. The van der Waals surface area contributed by atoms with Crippen LogP contribution in [0.2, 0.25) is 15.3 Å². The maximum absolute atomic E-state index is 12.5. The number of aromatic nitrogens is 6. The van der Waals surface area contributed by atoms with Gasteiger partial charge in [0.05, 0.1) is 77.4 Å². The lowest BCUT2D eigenvalue weighted by Crippen LogP contribution is -2.47. The number of terminal acetylenes is 1. The summed E-state index contributed by atoms with van der Waals surface area (Å²) in [7, 11) is -2.07. The number of carbonyl (C=O) groups excluding carboxylic acids is 2. The van der Waals surface area contributed by atoms with E-state index >= 15 is 0 Å². The van der Waals surface area contributed by atoms with Crippen molar-refractivity contribution in [2.45, 2.75) is 104 Å². The average Bonchev–Trinajstić information content (AvgIpc) is 2.09. The smallest absolute Gasteiger partial charge is 0.350 e. The minimum Gasteiger partial charge on any atom is -0.778 e. The fourth-order valence-electron chi connectivity index (χ4n) is 7.74. The number of carboxylic acid groups (broad SMARTS) is 1. The van der Waals surface area contributed by atoms with Gasteiger partial charge >= 0.3 is 11.7 Å². The zero-order valence-corrected chi connectivity index (χ0v) is 55.6. The fraction of sp³-hybridized carbons (Fsp3) is 0.491. The number of anilines is 4. The Morgan fingerprint density at radius 1 is 1.00 bits per heavy atom. The predicted molar refractivity (Wildman–Crippen MR) is 343 cm³/mol. The zero-order chi connectivity index (χ0) is 64.1. The highest BCUT2D eigenvalue weighted by Gasteiger charge is 2.32. The Bertz CT molecular complexity index is 3070. The van der Waals surface area contributed by atoms with E-state index in [1.54, 1.807) is 27.5 Å². The van der Waals surface area contributed by atoms with Gasteiger partial charge in [0, 0.05) is 38.7 Å². The third-order valence-corrected chi connectivity index (χ3v) is 13.1. The van der Waals surface area contributed by atoms with Crippen LogP contribution < -0.4 is 45.8 Å². The number of rotatable bonds is 18. The minimum atomic E-state index is -4.35. The SMILES string of the molecule is C#CCOc1cc(-n2nc3n(c2=O)CCCC3)c(Cl)cc1Cl.CC1COc2ccccc2N1C(=O)C(Cl)Cl.CCNc1nc(Cl)nc(NC(C)C)n1.CCc1cccc(C)c1N(C(=O)CCl)C(C)COC.C[S+](C)C.O=C(O)CNCP(=O)([O-])O. The molecule has 5 N–H and O–H groups in total. The molecule has 3 unspecified atom stereocenters. The molecule has 3 aromatic carbocycles. The molecular weight excluding hydrogens is 1270 g/mol. The lowest BCUT2D eigenvalue weighted by molar-refractivity contribution is -0.193. The van der Waals surface area contributed by atoms with Crippen LogP contribution >= 0.6 is 77.2 Å². The number of hydrogen-bond donors (Lipinski definition) is 5. The van der Waals surface area contributed by atoms with E-state index in [4.69, 9.17) is 100 Å². The summed E-state index contributed by atoms with van der Waals surface area (Å²) >= 11 is 35.0. The van der Waals surface area contributed by atoms with Gasteiger partial charge in [-0.3, -0.25) is 24.3 Å². The van der Waals surface area contributed by atoms with Gasteiger partial charge in [-0.25, -0.2) is 4.79 Å². The monoisotopic (exact) mass is 1340 g/mol. The molecule has 3 atom stereocenters. The van der Waals surface area contributed by atoms with Crippen LogP contribution in [-0.4, -0.2) is 151 Å². The summed E-state index contributed by atoms with van der Waals surface area (Å²) in [6.45, 7) is 15.9. The van der Waals surface area contributed by atoms with E-state index in [0.717, 1.165) is 60.6 Å². The zero-order valence-electron chi connectivity index (χ0n) is 49.3. The Kier molecular flexibility index (Phi) is 34.9. The van der Waals surface area contributed by atoms with Crippen molar-refractivity contribution in [1.29, 1.82) is 0 Å². The first kappa shape index (κ1) is 76.0. The quantitative estimate of drug-likeness (QED) is 0.0237. The Morgan fingerprint density at radius 3 is 2.22 bits per heavy atom.